The van der Waals surface area contributed by atoms with Crippen molar-refractivity contribution in [3.8, 4) is 0 Å². The fourth-order valence-electron chi connectivity index (χ4n) is 1.31. The van der Waals surface area contributed by atoms with Crippen LogP contribution < -0.4 is 5.14 Å². The number of hydrogen-bond acceptors (Lipinski definition) is 4. The molecule has 116 valence electrons. The zero-order valence-electron chi connectivity index (χ0n) is 13.4. The van der Waals surface area contributed by atoms with Gasteiger partial charge in [-0.1, -0.05) is 20.8 Å². The van der Waals surface area contributed by atoms with E-state index in [0.717, 1.165) is 0 Å². The first-order valence-corrected chi connectivity index (χ1v) is 11.1. The predicted molar refractivity (Wildman–Crippen MR) is 84.2 cm³/mol. The minimum Gasteiger partial charge on any atom is -0.453 e. The van der Waals surface area contributed by atoms with Gasteiger partial charge in [-0.05, 0) is 32.0 Å². The molecule has 1 heterocycles. The van der Waals surface area contributed by atoms with Gasteiger partial charge in [-0.2, -0.15) is 0 Å². The van der Waals surface area contributed by atoms with Crippen molar-refractivity contribution in [1.29, 1.82) is 0 Å². The number of rotatable bonds is 3. The molecule has 0 aliphatic carbocycles. The Labute approximate surface area is 123 Å². The third kappa shape index (κ3) is 3.72. The second-order valence-corrected chi connectivity index (χ2v) is 14.1. The molecule has 0 fully saturated rings. The molecule has 7 heteroatoms. The molecule has 20 heavy (non-hydrogen) atoms. The molecule has 3 N–H and O–H groups in total. The molecular weight excluding hydrogens is 292 g/mol. The van der Waals surface area contributed by atoms with Crippen molar-refractivity contribution < 1.29 is 13.7 Å². The second-order valence-electron chi connectivity index (χ2n) is 7.18. The van der Waals surface area contributed by atoms with Crippen LogP contribution in [0.25, 0.3) is 0 Å². The normalized spacial score (nSPS) is 16.9. The van der Waals surface area contributed by atoms with Gasteiger partial charge in [0.05, 0.1) is 11.9 Å². The lowest BCUT2D eigenvalue weighted by molar-refractivity contribution is 0.0779. The van der Waals surface area contributed by atoms with Crippen LogP contribution in [0.1, 0.15) is 40.2 Å². The van der Waals surface area contributed by atoms with Gasteiger partial charge in [-0.15, -0.1) is 0 Å². The highest BCUT2D eigenvalue weighted by molar-refractivity contribution is 7.92. The van der Waals surface area contributed by atoms with Gasteiger partial charge in [0.2, 0.25) is 5.09 Å². The van der Waals surface area contributed by atoms with Crippen LogP contribution in [-0.2, 0) is 15.5 Å². The topological polar surface area (TPSA) is 88.8 Å². The van der Waals surface area contributed by atoms with E-state index in [2.05, 4.69) is 24.8 Å². The Bertz CT molecular complexity index is 600. The summed E-state index contributed by atoms with van der Waals surface area (Å²) >= 11 is 0. The molecule has 1 rings (SSSR count). The molecule has 0 bridgehead atoms. The first-order chi connectivity index (χ1) is 8.67. The summed E-state index contributed by atoms with van der Waals surface area (Å²) in [7, 11) is -5.24. The fourth-order valence-corrected chi connectivity index (χ4v) is 5.96. The van der Waals surface area contributed by atoms with Crippen molar-refractivity contribution in [3.63, 3.8) is 0 Å². The molecule has 0 saturated heterocycles. The maximum Gasteiger partial charge on any atom is 0.212 e. The summed E-state index contributed by atoms with van der Waals surface area (Å²) in [5.74, 6) is 0. The van der Waals surface area contributed by atoms with Gasteiger partial charge in [-0.3, -0.25) is 4.03 Å². The van der Waals surface area contributed by atoms with Crippen LogP contribution in [-0.4, -0.2) is 17.6 Å². The van der Waals surface area contributed by atoms with Crippen LogP contribution in [0, 0.1) is 0 Å². The van der Waals surface area contributed by atoms with Crippen LogP contribution >= 0.6 is 0 Å². The summed E-state index contributed by atoms with van der Waals surface area (Å²) < 4.78 is 22.4. The summed E-state index contributed by atoms with van der Waals surface area (Å²) in [5.41, 5.74) is -0.523. The van der Waals surface area contributed by atoms with E-state index >= 15 is 0 Å². The smallest absolute Gasteiger partial charge is 0.212 e. The number of aliphatic hydroxyl groups is 1. The zero-order valence-corrected chi connectivity index (χ0v) is 15.2. The van der Waals surface area contributed by atoms with E-state index in [9.17, 15) is 9.32 Å². The average Bonchev–Trinajstić information content (AvgIpc) is 2.61. The van der Waals surface area contributed by atoms with Gasteiger partial charge in [-0.25, -0.2) is 9.35 Å². The van der Waals surface area contributed by atoms with Crippen LogP contribution in [0.15, 0.2) is 25.9 Å². The first-order valence-electron chi connectivity index (χ1n) is 6.54. The quantitative estimate of drug-likeness (QED) is 0.839. The molecule has 1 aromatic heterocycles. The van der Waals surface area contributed by atoms with E-state index in [1.165, 1.54) is 12.3 Å². The van der Waals surface area contributed by atoms with E-state index < -0.39 is 23.8 Å². The third-order valence-electron chi connectivity index (χ3n) is 3.77. The Morgan fingerprint density at radius 2 is 1.80 bits per heavy atom. The molecule has 0 saturated carbocycles. The molecule has 0 radical (unpaired) electrons. The van der Waals surface area contributed by atoms with E-state index in [4.69, 9.17) is 9.56 Å². The standard InChI is InChI=1S/C13H26N2O3SSi/c1-12(2,3)20(6,7)15-19(14,17)11-8-10(9-18-11)13(4,5)16/h8-9,16H,1-7H3,(H2,14,15,17). The number of nitrogens with two attached hydrogens (primary N) is 1. The minimum atomic E-state index is -3.08. The SMILES string of the molecule is CC(C)(O)c1coc(S(N)(=O)=N[Si](C)(C)C(C)(C)C)c1. The molecule has 0 amide bonds. The predicted octanol–water partition coefficient (Wildman–Crippen LogP) is 3.21. The van der Waals surface area contributed by atoms with E-state index in [-0.39, 0.29) is 10.1 Å². The van der Waals surface area contributed by atoms with Crippen molar-refractivity contribution in [2.75, 3.05) is 0 Å². The summed E-state index contributed by atoms with van der Waals surface area (Å²) in [6.07, 6.45) is 1.38. The Hall–Kier alpha value is -0.633. The number of nitrogens with zero attached hydrogens (tertiary/aromatic N) is 1. The van der Waals surface area contributed by atoms with E-state index in [1.807, 2.05) is 13.1 Å². The van der Waals surface area contributed by atoms with Crippen LogP contribution in [0.3, 0.4) is 0 Å². The van der Waals surface area contributed by atoms with Crippen molar-refractivity contribution in [2.45, 2.75) is 63.4 Å². The van der Waals surface area contributed by atoms with Crippen molar-refractivity contribution in [1.82, 2.24) is 0 Å². The van der Waals surface area contributed by atoms with Gasteiger partial charge in [0, 0.05) is 11.6 Å². The molecule has 5 nitrogen and oxygen atoms in total. The monoisotopic (exact) mass is 318 g/mol. The lowest BCUT2D eigenvalue weighted by Gasteiger charge is -2.32. The van der Waals surface area contributed by atoms with Gasteiger partial charge < -0.3 is 9.52 Å². The van der Waals surface area contributed by atoms with Crippen LogP contribution in [0.2, 0.25) is 18.1 Å². The molecule has 0 spiro atoms. The second kappa shape index (κ2) is 4.98. The highest BCUT2D eigenvalue weighted by Crippen LogP contribution is 2.38. The maximum atomic E-state index is 12.7. The van der Waals surface area contributed by atoms with Gasteiger partial charge in [0.1, 0.15) is 0 Å². The Balaban J connectivity index is 3.31. The lowest BCUT2D eigenvalue weighted by Crippen LogP contribution is -2.37. The Morgan fingerprint density at radius 1 is 1.30 bits per heavy atom. The molecule has 1 atom stereocenters. The number of furan rings is 1. The zero-order chi connectivity index (χ0) is 16.0. The van der Waals surface area contributed by atoms with Gasteiger partial charge >= 0.3 is 0 Å². The molecule has 1 aromatic rings. The van der Waals surface area contributed by atoms with E-state index in [0.29, 0.717) is 5.56 Å². The summed E-state index contributed by atoms with van der Waals surface area (Å²) in [6, 6.07) is 1.53. The lowest BCUT2D eigenvalue weighted by atomic mass is 10.0. The maximum absolute atomic E-state index is 12.7. The van der Waals surface area contributed by atoms with Crippen molar-refractivity contribution in [2.24, 2.45) is 9.17 Å². The number of hydrogen-bond donors (Lipinski definition) is 2. The largest absolute Gasteiger partial charge is 0.453 e. The first kappa shape index (κ1) is 17.4. The molecular formula is C13H26N2O3SSi. The Kier molecular flexibility index (Phi) is 4.33. The van der Waals surface area contributed by atoms with Gasteiger partial charge in [0.15, 0.2) is 18.2 Å². The van der Waals surface area contributed by atoms with Crippen LogP contribution in [0.5, 0.6) is 0 Å². The minimum absolute atomic E-state index is 0.0549. The fraction of sp³-hybridized carbons (Fsp3) is 0.692. The summed E-state index contributed by atoms with van der Waals surface area (Å²) in [6.45, 7) is 13.5. The third-order valence-corrected chi connectivity index (χ3v) is 11.1. The molecule has 1 unspecified atom stereocenters. The van der Waals surface area contributed by atoms with Crippen molar-refractivity contribution in [3.05, 3.63) is 17.9 Å². The van der Waals surface area contributed by atoms with Gasteiger partial charge in [0.25, 0.3) is 0 Å². The summed E-state index contributed by atoms with van der Waals surface area (Å²) in [5, 5.41) is 15.9. The molecule has 0 aliphatic rings. The average molecular weight is 319 g/mol. The highest BCUT2D eigenvalue weighted by atomic mass is 32.2. The molecule has 0 aromatic carbocycles. The van der Waals surface area contributed by atoms with Crippen LogP contribution in [0.4, 0.5) is 0 Å². The van der Waals surface area contributed by atoms with E-state index in [1.54, 1.807) is 13.8 Å². The highest BCUT2D eigenvalue weighted by Gasteiger charge is 2.38. The molecule has 0 aliphatic heterocycles. The van der Waals surface area contributed by atoms with Crippen molar-refractivity contribution >= 4 is 18.2 Å². The Morgan fingerprint density at radius 3 is 2.15 bits per heavy atom. The summed E-state index contributed by atoms with van der Waals surface area (Å²) in [4.78, 5) is 0.